The molecule has 0 amide bonds. The Labute approximate surface area is 214 Å². The van der Waals surface area contributed by atoms with Crippen LogP contribution in [0.2, 0.25) is 0 Å². The van der Waals surface area contributed by atoms with Crippen LogP contribution in [0.4, 0.5) is 5.69 Å². The van der Waals surface area contributed by atoms with Gasteiger partial charge in [-0.2, -0.15) is 0 Å². The molecule has 182 valence electrons. The standard InChI is InChI=1S/C33H34N2O/c1-5-9-25-17-14-24(4)31(33(36)26-15-12-23(3)13-16-26)32(25)35-20-18-27(21-35)29-22-34(19-6-2)30-11-8-7-10-28(29)30/h5-8,10-17,22,27H,1-2,9,18-21H2,3-4H3. The van der Waals surface area contributed by atoms with Gasteiger partial charge in [-0.1, -0.05) is 72.3 Å². The highest BCUT2D eigenvalue weighted by Crippen LogP contribution is 2.39. The summed E-state index contributed by atoms with van der Waals surface area (Å²) in [5, 5.41) is 1.32. The van der Waals surface area contributed by atoms with E-state index in [4.69, 9.17) is 0 Å². The average Bonchev–Trinajstić information content (AvgIpc) is 3.51. The quantitative estimate of drug-likeness (QED) is 0.196. The molecular weight excluding hydrogens is 440 g/mol. The Kier molecular flexibility index (Phi) is 6.65. The number of rotatable bonds is 8. The molecule has 0 N–H and O–H groups in total. The van der Waals surface area contributed by atoms with Crippen LogP contribution in [0.1, 0.15) is 50.5 Å². The number of hydrogen-bond donors (Lipinski definition) is 0. The molecule has 0 aliphatic carbocycles. The molecule has 1 aliphatic rings. The van der Waals surface area contributed by atoms with Crippen molar-refractivity contribution in [1.82, 2.24) is 4.57 Å². The van der Waals surface area contributed by atoms with E-state index in [1.807, 2.05) is 43.3 Å². The van der Waals surface area contributed by atoms with Crippen LogP contribution in [0, 0.1) is 13.8 Å². The van der Waals surface area contributed by atoms with Gasteiger partial charge in [0.2, 0.25) is 0 Å². The lowest BCUT2D eigenvalue weighted by Gasteiger charge is -2.26. The van der Waals surface area contributed by atoms with Gasteiger partial charge in [-0.05, 0) is 49.4 Å². The zero-order valence-corrected chi connectivity index (χ0v) is 21.3. The Morgan fingerprint density at radius 3 is 2.53 bits per heavy atom. The van der Waals surface area contributed by atoms with E-state index in [1.54, 1.807) is 0 Å². The molecular formula is C33H34N2O. The number of nitrogens with zero attached hydrogens (tertiary/aromatic N) is 2. The molecule has 1 saturated heterocycles. The van der Waals surface area contributed by atoms with Crippen LogP contribution in [0.25, 0.3) is 10.9 Å². The molecule has 3 heteroatoms. The molecule has 36 heavy (non-hydrogen) atoms. The molecule has 1 aromatic heterocycles. The fraction of sp³-hybridized carbons (Fsp3) is 0.242. The minimum absolute atomic E-state index is 0.0967. The number of anilines is 1. The zero-order chi connectivity index (χ0) is 25.2. The fourth-order valence-corrected chi connectivity index (χ4v) is 5.66. The average molecular weight is 475 g/mol. The predicted octanol–water partition coefficient (Wildman–Crippen LogP) is 7.40. The molecule has 0 saturated carbocycles. The SMILES string of the molecule is C=CCc1ccc(C)c(C(=O)c2ccc(C)cc2)c1N1CCC(c2cn(CC=C)c3ccccc23)C1. The molecule has 1 unspecified atom stereocenters. The second kappa shape index (κ2) is 10.0. The summed E-state index contributed by atoms with van der Waals surface area (Å²) < 4.78 is 2.29. The first-order valence-corrected chi connectivity index (χ1v) is 12.8. The van der Waals surface area contributed by atoms with Crippen molar-refractivity contribution < 1.29 is 4.79 Å². The first kappa shape index (κ1) is 23.9. The van der Waals surface area contributed by atoms with Gasteiger partial charge in [0, 0.05) is 53.8 Å². The smallest absolute Gasteiger partial charge is 0.195 e. The summed E-state index contributed by atoms with van der Waals surface area (Å²) >= 11 is 0. The highest BCUT2D eigenvalue weighted by molar-refractivity contribution is 6.14. The summed E-state index contributed by atoms with van der Waals surface area (Å²) in [6.45, 7) is 14.7. The van der Waals surface area contributed by atoms with Crippen LogP contribution < -0.4 is 4.90 Å². The van der Waals surface area contributed by atoms with Crippen molar-refractivity contribution in [2.75, 3.05) is 18.0 Å². The number of benzene rings is 3. The Morgan fingerprint density at radius 1 is 1.00 bits per heavy atom. The second-order valence-electron chi connectivity index (χ2n) is 9.93. The third kappa shape index (κ3) is 4.30. The minimum atomic E-state index is 0.0967. The molecule has 5 rings (SSSR count). The number of aromatic nitrogens is 1. The van der Waals surface area contributed by atoms with Gasteiger partial charge in [-0.3, -0.25) is 4.79 Å². The van der Waals surface area contributed by atoms with Gasteiger partial charge in [-0.25, -0.2) is 0 Å². The van der Waals surface area contributed by atoms with Crippen molar-refractivity contribution >= 4 is 22.4 Å². The highest BCUT2D eigenvalue weighted by atomic mass is 16.1. The van der Waals surface area contributed by atoms with Gasteiger partial charge in [0.15, 0.2) is 5.78 Å². The van der Waals surface area contributed by atoms with Gasteiger partial charge in [-0.15, -0.1) is 13.2 Å². The van der Waals surface area contributed by atoms with Crippen LogP contribution in [0.3, 0.4) is 0 Å². The van der Waals surface area contributed by atoms with E-state index >= 15 is 0 Å². The number of carbonyl (C=O) groups excluding carboxylic acids is 1. The molecule has 2 heterocycles. The maximum atomic E-state index is 13.8. The molecule has 3 aromatic carbocycles. The normalized spacial score (nSPS) is 15.4. The second-order valence-corrected chi connectivity index (χ2v) is 9.93. The number of hydrogen-bond acceptors (Lipinski definition) is 2. The Bertz CT molecular complexity index is 1440. The van der Waals surface area contributed by atoms with E-state index in [9.17, 15) is 4.79 Å². The molecule has 0 radical (unpaired) electrons. The Hall–Kier alpha value is -3.85. The predicted molar refractivity (Wildman–Crippen MR) is 151 cm³/mol. The number of aryl methyl sites for hydroxylation is 2. The van der Waals surface area contributed by atoms with Crippen LogP contribution in [0.15, 0.2) is 92.2 Å². The highest BCUT2D eigenvalue weighted by Gasteiger charge is 2.31. The van der Waals surface area contributed by atoms with Crippen LogP contribution in [0.5, 0.6) is 0 Å². The monoisotopic (exact) mass is 474 g/mol. The van der Waals surface area contributed by atoms with E-state index in [1.165, 1.54) is 22.0 Å². The van der Waals surface area contributed by atoms with E-state index in [2.05, 4.69) is 72.1 Å². The largest absolute Gasteiger partial charge is 0.370 e. The van der Waals surface area contributed by atoms with Gasteiger partial charge in [0.1, 0.15) is 0 Å². The molecule has 0 bridgehead atoms. The molecule has 1 fully saturated rings. The van der Waals surface area contributed by atoms with Crippen molar-refractivity contribution in [3.05, 3.63) is 126 Å². The van der Waals surface area contributed by atoms with Crippen molar-refractivity contribution in [3.8, 4) is 0 Å². The Balaban J connectivity index is 1.55. The van der Waals surface area contributed by atoms with Crippen molar-refractivity contribution in [2.45, 2.75) is 39.2 Å². The fourth-order valence-electron chi connectivity index (χ4n) is 5.66. The molecule has 1 atom stereocenters. The van der Waals surface area contributed by atoms with Crippen molar-refractivity contribution in [3.63, 3.8) is 0 Å². The Morgan fingerprint density at radius 2 is 1.78 bits per heavy atom. The van der Waals surface area contributed by atoms with Crippen molar-refractivity contribution in [1.29, 1.82) is 0 Å². The summed E-state index contributed by atoms with van der Waals surface area (Å²) in [6.07, 6.45) is 7.99. The molecule has 0 spiro atoms. The van der Waals surface area contributed by atoms with Gasteiger partial charge in [0.25, 0.3) is 0 Å². The lowest BCUT2D eigenvalue weighted by atomic mass is 9.92. The zero-order valence-electron chi connectivity index (χ0n) is 21.3. The number of para-hydroxylation sites is 1. The molecule has 4 aromatic rings. The summed E-state index contributed by atoms with van der Waals surface area (Å²) in [5.41, 5.74) is 8.63. The van der Waals surface area contributed by atoms with Crippen LogP contribution in [-0.4, -0.2) is 23.4 Å². The maximum absolute atomic E-state index is 13.8. The lowest BCUT2D eigenvalue weighted by molar-refractivity contribution is 0.103. The minimum Gasteiger partial charge on any atom is -0.370 e. The number of fused-ring (bicyclic) bond motifs is 1. The first-order valence-electron chi connectivity index (χ1n) is 12.8. The topological polar surface area (TPSA) is 25.2 Å². The van der Waals surface area contributed by atoms with E-state index in [-0.39, 0.29) is 5.78 Å². The third-order valence-electron chi connectivity index (χ3n) is 7.46. The van der Waals surface area contributed by atoms with E-state index in [0.717, 1.165) is 60.4 Å². The summed E-state index contributed by atoms with van der Waals surface area (Å²) in [4.78, 5) is 16.3. The number of ketones is 1. The summed E-state index contributed by atoms with van der Waals surface area (Å²) in [6, 6.07) is 20.8. The number of carbonyl (C=O) groups is 1. The van der Waals surface area contributed by atoms with Gasteiger partial charge in [0.05, 0.1) is 5.69 Å². The van der Waals surface area contributed by atoms with Crippen molar-refractivity contribution in [2.24, 2.45) is 0 Å². The molecule has 3 nitrogen and oxygen atoms in total. The van der Waals surface area contributed by atoms with Gasteiger partial charge < -0.3 is 9.47 Å². The third-order valence-corrected chi connectivity index (χ3v) is 7.46. The van der Waals surface area contributed by atoms with Crippen LogP contribution in [-0.2, 0) is 13.0 Å². The molecule has 1 aliphatic heterocycles. The number of allylic oxidation sites excluding steroid dienone is 2. The summed E-state index contributed by atoms with van der Waals surface area (Å²) in [5.74, 6) is 0.500. The lowest BCUT2D eigenvalue weighted by Crippen LogP contribution is -2.24. The summed E-state index contributed by atoms with van der Waals surface area (Å²) in [7, 11) is 0. The maximum Gasteiger partial charge on any atom is 0.195 e. The van der Waals surface area contributed by atoms with Gasteiger partial charge >= 0.3 is 0 Å². The van der Waals surface area contributed by atoms with E-state index in [0.29, 0.717) is 5.92 Å². The van der Waals surface area contributed by atoms with E-state index < -0.39 is 0 Å². The van der Waals surface area contributed by atoms with Crippen LogP contribution >= 0.6 is 0 Å². The first-order chi connectivity index (χ1) is 17.5.